The molecule has 2 aliphatic rings. The average molecular weight is 388 g/mol. The van der Waals surface area contributed by atoms with E-state index in [0.29, 0.717) is 50.0 Å². The summed E-state index contributed by atoms with van der Waals surface area (Å²) in [5.74, 6) is 1.11. The van der Waals surface area contributed by atoms with Crippen molar-refractivity contribution in [1.82, 2.24) is 14.7 Å². The van der Waals surface area contributed by atoms with Gasteiger partial charge >= 0.3 is 0 Å². The average Bonchev–Trinajstić information content (AvgIpc) is 2.73. The van der Waals surface area contributed by atoms with Gasteiger partial charge in [-0.3, -0.25) is 9.59 Å². The zero-order chi connectivity index (χ0) is 19.9. The number of nitrogens with zero attached hydrogens (tertiary/aromatic N) is 3. The molecule has 0 aromatic heterocycles. The fourth-order valence-corrected chi connectivity index (χ4v) is 4.02. The highest BCUT2D eigenvalue weighted by Crippen LogP contribution is 2.26. The lowest BCUT2D eigenvalue weighted by atomic mass is 9.88. The quantitative estimate of drug-likeness (QED) is 0.753. The first-order valence-corrected chi connectivity index (χ1v) is 10.5. The number of piperazine rings is 1. The molecule has 0 radical (unpaired) electrons. The van der Waals surface area contributed by atoms with Crippen LogP contribution in [0.3, 0.4) is 0 Å². The van der Waals surface area contributed by atoms with Crippen molar-refractivity contribution in [3.63, 3.8) is 0 Å². The van der Waals surface area contributed by atoms with Gasteiger partial charge in [0.2, 0.25) is 5.91 Å². The van der Waals surface area contributed by atoms with Crippen LogP contribution in [0, 0.1) is 5.92 Å². The lowest BCUT2D eigenvalue weighted by Gasteiger charge is -2.37. The molecule has 1 saturated heterocycles. The Labute approximate surface area is 168 Å². The van der Waals surface area contributed by atoms with Gasteiger partial charge in [0.05, 0.1) is 5.56 Å². The number of amides is 2. The second kappa shape index (κ2) is 9.92. The van der Waals surface area contributed by atoms with E-state index in [4.69, 9.17) is 4.74 Å². The van der Waals surface area contributed by atoms with Crippen molar-refractivity contribution in [2.45, 2.75) is 32.1 Å². The molecule has 3 rings (SSSR count). The maximum atomic E-state index is 13.0. The van der Waals surface area contributed by atoms with Crippen LogP contribution in [-0.4, -0.2) is 79.9 Å². The number of ether oxygens (including phenoxy) is 1. The molecule has 2 amide bonds. The maximum Gasteiger partial charge on any atom is 0.257 e. The molecule has 0 spiro atoms. The molecule has 1 heterocycles. The zero-order valence-corrected chi connectivity index (χ0v) is 17.2. The first kappa shape index (κ1) is 20.6. The van der Waals surface area contributed by atoms with Crippen molar-refractivity contribution in [2.24, 2.45) is 5.92 Å². The van der Waals surface area contributed by atoms with Crippen LogP contribution in [0.25, 0.3) is 0 Å². The first-order chi connectivity index (χ1) is 13.6. The third kappa shape index (κ3) is 5.25. The van der Waals surface area contributed by atoms with Gasteiger partial charge in [0.15, 0.2) is 0 Å². The summed E-state index contributed by atoms with van der Waals surface area (Å²) in [6, 6.07) is 7.44. The highest BCUT2D eigenvalue weighted by atomic mass is 16.5. The van der Waals surface area contributed by atoms with Gasteiger partial charge in [-0.2, -0.15) is 0 Å². The predicted molar refractivity (Wildman–Crippen MR) is 110 cm³/mol. The molecule has 28 heavy (non-hydrogen) atoms. The van der Waals surface area contributed by atoms with E-state index in [1.54, 1.807) is 0 Å². The van der Waals surface area contributed by atoms with E-state index in [1.165, 1.54) is 19.3 Å². The molecule has 1 aromatic carbocycles. The molecule has 1 aromatic rings. The Morgan fingerprint density at radius 2 is 1.64 bits per heavy atom. The van der Waals surface area contributed by atoms with E-state index in [9.17, 15) is 9.59 Å². The van der Waals surface area contributed by atoms with Gasteiger partial charge in [-0.1, -0.05) is 31.4 Å². The number of carbonyl (C=O) groups excluding carboxylic acids is 2. The largest absolute Gasteiger partial charge is 0.491 e. The van der Waals surface area contributed by atoms with Crippen LogP contribution in [0.5, 0.6) is 5.75 Å². The molecule has 1 saturated carbocycles. The summed E-state index contributed by atoms with van der Waals surface area (Å²) in [6.07, 6.45) is 5.63. The Morgan fingerprint density at radius 1 is 1.00 bits per heavy atom. The third-order valence-corrected chi connectivity index (χ3v) is 5.75. The van der Waals surface area contributed by atoms with Crippen LogP contribution in [-0.2, 0) is 4.79 Å². The Hall–Kier alpha value is -2.08. The van der Waals surface area contributed by atoms with Crippen LogP contribution >= 0.6 is 0 Å². The fourth-order valence-electron chi connectivity index (χ4n) is 4.02. The molecular formula is C22H33N3O3. The molecule has 0 atom stereocenters. The van der Waals surface area contributed by atoms with Crippen molar-refractivity contribution < 1.29 is 14.3 Å². The predicted octanol–water partition coefficient (Wildman–Crippen LogP) is 2.49. The van der Waals surface area contributed by atoms with Crippen LogP contribution in [0.2, 0.25) is 0 Å². The summed E-state index contributed by atoms with van der Waals surface area (Å²) >= 11 is 0. The topological polar surface area (TPSA) is 53.1 Å². The Morgan fingerprint density at radius 3 is 2.32 bits per heavy atom. The maximum absolute atomic E-state index is 13.0. The van der Waals surface area contributed by atoms with Gasteiger partial charge in [0, 0.05) is 38.6 Å². The van der Waals surface area contributed by atoms with E-state index in [1.807, 2.05) is 53.1 Å². The van der Waals surface area contributed by atoms with Gasteiger partial charge in [-0.15, -0.1) is 0 Å². The number of benzene rings is 1. The second-order valence-corrected chi connectivity index (χ2v) is 8.10. The Kier molecular flexibility index (Phi) is 7.31. The molecule has 154 valence electrons. The smallest absolute Gasteiger partial charge is 0.257 e. The van der Waals surface area contributed by atoms with E-state index < -0.39 is 0 Å². The first-order valence-electron chi connectivity index (χ1n) is 10.5. The minimum absolute atomic E-state index is 0.00906. The highest BCUT2D eigenvalue weighted by Gasteiger charge is 2.30. The number of hydrogen-bond acceptors (Lipinski definition) is 4. The lowest BCUT2D eigenvalue weighted by Crippen LogP contribution is -2.52. The monoisotopic (exact) mass is 387 g/mol. The fraction of sp³-hybridized carbons (Fsp3) is 0.636. The minimum Gasteiger partial charge on any atom is -0.491 e. The van der Waals surface area contributed by atoms with Crippen molar-refractivity contribution in [3.05, 3.63) is 29.8 Å². The van der Waals surface area contributed by atoms with Gasteiger partial charge in [-0.25, -0.2) is 0 Å². The van der Waals surface area contributed by atoms with Crippen molar-refractivity contribution in [2.75, 3.05) is 53.4 Å². The van der Waals surface area contributed by atoms with E-state index in [0.717, 1.165) is 19.4 Å². The van der Waals surface area contributed by atoms with E-state index >= 15 is 0 Å². The molecule has 6 nitrogen and oxygen atoms in total. The number of carbonyl (C=O) groups is 2. The summed E-state index contributed by atoms with van der Waals surface area (Å²) in [5.41, 5.74) is 0.605. The Balaban J connectivity index is 1.55. The lowest BCUT2D eigenvalue weighted by molar-refractivity contribution is -0.138. The van der Waals surface area contributed by atoms with Gasteiger partial charge in [0.25, 0.3) is 5.91 Å². The summed E-state index contributed by atoms with van der Waals surface area (Å²) in [6.45, 7) is 3.77. The number of likely N-dealkylation sites (N-methyl/N-ethyl adjacent to an activating group) is 1. The molecule has 0 unspecified atom stereocenters. The zero-order valence-electron chi connectivity index (χ0n) is 17.2. The van der Waals surface area contributed by atoms with Crippen LogP contribution in [0.15, 0.2) is 24.3 Å². The molecule has 1 aliphatic carbocycles. The molecule has 0 N–H and O–H groups in total. The van der Waals surface area contributed by atoms with Crippen molar-refractivity contribution in [3.8, 4) is 5.75 Å². The summed E-state index contributed by atoms with van der Waals surface area (Å²) in [5, 5.41) is 0. The highest BCUT2D eigenvalue weighted by molar-refractivity contribution is 5.97. The van der Waals surface area contributed by atoms with Gasteiger partial charge in [0.1, 0.15) is 12.4 Å². The van der Waals surface area contributed by atoms with Crippen LogP contribution in [0.4, 0.5) is 0 Å². The number of rotatable bonds is 6. The van der Waals surface area contributed by atoms with Crippen molar-refractivity contribution >= 4 is 11.8 Å². The second-order valence-electron chi connectivity index (χ2n) is 8.10. The van der Waals surface area contributed by atoms with E-state index in [2.05, 4.69) is 0 Å². The third-order valence-electron chi connectivity index (χ3n) is 5.75. The Bertz CT molecular complexity index is 663. The number of para-hydroxylation sites is 1. The SMILES string of the molecule is CN(C)CCOc1ccccc1C(=O)N1CCN(C(=O)C2CCCCC2)CC1. The standard InChI is InChI=1S/C22H33N3O3/c1-23(2)16-17-28-20-11-7-6-10-19(20)22(27)25-14-12-24(13-15-25)21(26)18-8-4-3-5-9-18/h6-7,10-11,18H,3-5,8-9,12-17H2,1-2H3. The minimum atomic E-state index is -0.00906. The molecule has 6 heteroatoms. The van der Waals surface area contributed by atoms with Crippen LogP contribution in [0.1, 0.15) is 42.5 Å². The number of hydrogen-bond donors (Lipinski definition) is 0. The van der Waals surface area contributed by atoms with Crippen LogP contribution < -0.4 is 4.74 Å². The molecule has 2 fully saturated rings. The summed E-state index contributed by atoms with van der Waals surface area (Å²) in [4.78, 5) is 31.6. The van der Waals surface area contributed by atoms with Gasteiger partial charge < -0.3 is 19.4 Å². The normalized spacial score (nSPS) is 18.4. The van der Waals surface area contributed by atoms with E-state index in [-0.39, 0.29) is 11.8 Å². The van der Waals surface area contributed by atoms with Gasteiger partial charge in [-0.05, 0) is 39.1 Å². The summed E-state index contributed by atoms with van der Waals surface area (Å²) < 4.78 is 5.84. The molecule has 0 bridgehead atoms. The molecular weight excluding hydrogens is 354 g/mol. The van der Waals surface area contributed by atoms with Crippen molar-refractivity contribution in [1.29, 1.82) is 0 Å². The molecule has 1 aliphatic heterocycles. The summed E-state index contributed by atoms with van der Waals surface area (Å²) in [7, 11) is 3.99.